The van der Waals surface area contributed by atoms with Gasteiger partial charge in [0.15, 0.2) is 5.16 Å². The van der Waals surface area contributed by atoms with Crippen LogP contribution in [0.3, 0.4) is 0 Å². The van der Waals surface area contributed by atoms with Crippen molar-refractivity contribution in [1.29, 1.82) is 0 Å². The Morgan fingerprint density at radius 3 is 2.90 bits per heavy atom. The molecule has 2 aromatic heterocycles. The highest BCUT2D eigenvalue weighted by Crippen LogP contribution is 2.34. The number of carboxylic acids is 1. The van der Waals surface area contributed by atoms with Crippen LogP contribution in [0.1, 0.15) is 30.2 Å². The van der Waals surface area contributed by atoms with Gasteiger partial charge < -0.3 is 5.11 Å². The molecular weight excluding hydrogens is 308 g/mol. The number of aliphatic carboxylic acids is 1. The molecule has 1 aliphatic rings. The summed E-state index contributed by atoms with van der Waals surface area (Å²) in [5.74, 6) is -0.981. The van der Waals surface area contributed by atoms with Gasteiger partial charge in [0.05, 0.1) is 11.1 Å². The summed E-state index contributed by atoms with van der Waals surface area (Å²) in [4.78, 5) is 30.1. The van der Waals surface area contributed by atoms with Gasteiger partial charge in [0.1, 0.15) is 4.83 Å². The van der Waals surface area contributed by atoms with Crippen LogP contribution in [-0.4, -0.2) is 26.4 Å². The second-order valence-electron chi connectivity index (χ2n) is 5.02. The number of aromatic nitrogens is 2. The highest BCUT2D eigenvalue weighted by molar-refractivity contribution is 7.99. The molecule has 2 aromatic rings. The zero-order valence-electron chi connectivity index (χ0n) is 11.7. The number of hydrogen-bond donors (Lipinski definition) is 1. The maximum atomic E-state index is 12.7. The van der Waals surface area contributed by atoms with E-state index in [9.17, 15) is 9.59 Å². The van der Waals surface area contributed by atoms with Crippen molar-refractivity contribution in [3.05, 3.63) is 20.8 Å². The largest absolute Gasteiger partial charge is 0.481 e. The van der Waals surface area contributed by atoms with Gasteiger partial charge in [-0.15, -0.1) is 11.3 Å². The van der Waals surface area contributed by atoms with Crippen molar-refractivity contribution in [2.75, 3.05) is 5.75 Å². The minimum atomic E-state index is -0.900. The molecule has 0 aromatic carbocycles. The van der Waals surface area contributed by atoms with Crippen LogP contribution in [0.5, 0.6) is 0 Å². The van der Waals surface area contributed by atoms with Crippen LogP contribution in [0.15, 0.2) is 9.95 Å². The summed E-state index contributed by atoms with van der Waals surface area (Å²) in [5.41, 5.74) is 1.16. The van der Waals surface area contributed by atoms with Gasteiger partial charge in [-0.25, -0.2) is 4.98 Å². The molecule has 0 saturated heterocycles. The molecule has 0 radical (unpaired) electrons. The van der Waals surface area contributed by atoms with E-state index in [0.717, 1.165) is 41.2 Å². The summed E-state index contributed by atoms with van der Waals surface area (Å²) < 4.78 is 1.59. The van der Waals surface area contributed by atoms with Crippen LogP contribution in [0.25, 0.3) is 10.2 Å². The lowest BCUT2D eigenvalue weighted by Crippen LogP contribution is -2.23. The van der Waals surface area contributed by atoms with Crippen molar-refractivity contribution in [3.8, 4) is 0 Å². The highest BCUT2D eigenvalue weighted by atomic mass is 32.2. The van der Waals surface area contributed by atoms with E-state index in [1.807, 2.05) is 6.92 Å². The molecule has 3 rings (SSSR count). The van der Waals surface area contributed by atoms with Gasteiger partial charge in [0.2, 0.25) is 0 Å². The zero-order valence-corrected chi connectivity index (χ0v) is 13.4. The lowest BCUT2D eigenvalue weighted by atomic mass is 9.97. The van der Waals surface area contributed by atoms with Gasteiger partial charge in [-0.1, -0.05) is 11.8 Å². The lowest BCUT2D eigenvalue weighted by Gasteiger charge is -2.11. The van der Waals surface area contributed by atoms with E-state index in [4.69, 9.17) is 5.11 Å². The van der Waals surface area contributed by atoms with Crippen molar-refractivity contribution < 1.29 is 9.90 Å². The Bertz CT molecular complexity index is 764. The lowest BCUT2D eigenvalue weighted by molar-refractivity contribution is -0.133. The predicted octanol–water partition coefficient (Wildman–Crippen LogP) is 2.53. The summed E-state index contributed by atoms with van der Waals surface area (Å²) in [7, 11) is 0. The second-order valence-corrected chi connectivity index (χ2v) is 7.04. The molecular formula is C14H16N2O3S2. The van der Waals surface area contributed by atoms with Gasteiger partial charge in [0, 0.05) is 11.4 Å². The van der Waals surface area contributed by atoms with Crippen molar-refractivity contribution in [1.82, 2.24) is 9.55 Å². The Morgan fingerprint density at radius 2 is 2.19 bits per heavy atom. The first kappa shape index (κ1) is 14.6. The van der Waals surface area contributed by atoms with Crippen molar-refractivity contribution in [2.45, 2.75) is 44.3 Å². The van der Waals surface area contributed by atoms with Crippen molar-refractivity contribution in [3.63, 3.8) is 0 Å². The van der Waals surface area contributed by atoms with E-state index in [-0.39, 0.29) is 11.3 Å². The van der Waals surface area contributed by atoms with Crippen LogP contribution in [0.2, 0.25) is 0 Å². The van der Waals surface area contributed by atoms with Crippen LogP contribution in [0.4, 0.5) is 0 Å². The summed E-state index contributed by atoms with van der Waals surface area (Å²) in [5, 5.41) is 10.1. The standard InChI is InChI=1S/C14H16N2O3S2/c1-2-16-13(19)11-8-5-3-4-6-9(8)21-12(11)15-14(16)20-7-10(17)18/h2-7H2,1H3,(H,17,18). The summed E-state index contributed by atoms with van der Waals surface area (Å²) >= 11 is 2.71. The predicted molar refractivity (Wildman–Crippen MR) is 84.6 cm³/mol. The van der Waals surface area contributed by atoms with E-state index in [0.29, 0.717) is 11.7 Å². The van der Waals surface area contributed by atoms with Crippen molar-refractivity contribution >= 4 is 39.3 Å². The first-order chi connectivity index (χ1) is 10.1. The molecule has 2 heterocycles. The molecule has 0 saturated carbocycles. The maximum absolute atomic E-state index is 12.7. The third kappa shape index (κ3) is 2.60. The Balaban J connectivity index is 2.17. The summed E-state index contributed by atoms with van der Waals surface area (Å²) in [6, 6.07) is 0. The number of nitrogens with zero attached hydrogens (tertiary/aromatic N) is 2. The molecule has 0 unspecified atom stereocenters. The molecule has 21 heavy (non-hydrogen) atoms. The number of aryl methyl sites for hydroxylation is 2. The van der Waals surface area contributed by atoms with Gasteiger partial charge in [-0.2, -0.15) is 0 Å². The molecule has 7 heteroatoms. The van der Waals surface area contributed by atoms with Crippen LogP contribution in [0, 0.1) is 0 Å². The van der Waals surface area contributed by atoms with E-state index < -0.39 is 5.97 Å². The SMILES string of the molecule is CCn1c(SCC(=O)O)nc2sc3c(c2c1=O)CCCC3. The number of carboxylic acid groups (broad SMARTS) is 1. The average Bonchev–Trinajstić information content (AvgIpc) is 2.83. The molecule has 0 bridgehead atoms. The minimum Gasteiger partial charge on any atom is -0.481 e. The number of thiophene rings is 1. The van der Waals surface area contributed by atoms with Gasteiger partial charge in [-0.3, -0.25) is 14.2 Å². The summed E-state index contributed by atoms with van der Waals surface area (Å²) in [6.07, 6.45) is 4.28. The van der Waals surface area contributed by atoms with E-state index >= 15 is 0 Å². The van der Waals surface area contributed by atoms with Crippen molar-refractivity contribution in [2.24, 2.45) is 0 Å². The average molecular weight is 324 g/mol. The third-order valence-electron chi connectivity index (χ3n) is 3.68. The topological polar surface area (TPSA) is 72.2 Å². The number of hydrogen-bond acceptors (Lipinski definition) is 5. The monoisotopic (exact) mass is 324 g/mol. The molecule has 0 fully saturated rings. The number of rotatable bonds is 4. The highest BCUT2D eigenvalue weighted by Gasteiger charge is 2.21. The number of carbonyl (C=O) groups is 1. The smallest absolute Gasteiger partial charge is 0.313 e. The number of thioether (sulfide) groups is 1. The Hall–Kier alpha value is -1.34. The van der Waals surface area contributed by atoms with Gasteiger partial charge in [-0.05, 0) is 38.2 Å². The quantitative estimate of drug-likeness (QED) is 0.691. The Morgan fingerprint density at radius 1 is 1.43 bits per heavy atom. The third-order valence-corrected chi connectivity index (χ3v) is 5.83. The molecule has 0 aliphatic heterocycles. The Kier molecular flexibility index (Phi) is 4.03. The van der Waals surface area contributed by atoms with E-state index in [2.05, 4.69) is 4.98 Å². The van der Waals surface area contributed by atoms with E-state index in [1.54, 1.807) is 15.9 Å². The second kappa shape index (κ2) is 5.81. The molecule has 0 spiro atoms. The molecule has 1 aliphatic carbocycles. The number of fused-ring (bicyclic) bond motifs is 3. The maximum Gasteiger partial charge on any atom is 0.313 e. The fourth-order valence-electron chi connectivity index (χ4n) is 2.74. The van der Waals surface area contributed by atoms with E-state index in [1.165, 1.54) is 16.9 Å². The first-order valence-corrected chi connectivity index (χ1v) is 8.81. The minimum absolute atomic E-state index is 0.0187. The molecule has 0 atom stereocenters. The van der Waals surface area contributed by atoms with Crippen LogP contribution in [-0.2, 0) is 24.2 Å². The fraction of sp³-hybridized carbons (Fsp3) is 0.500. The van der Waals surface area contributed by atoms with Gasteiger partial charge >= 0.3 is 5.97 Å². The van der Waals surface area contributed by atoms with Crippen LogP contribution < -0.4 is 5.56 Å². The van der Waals surface area contributed by atoms with Gasteiger partial charge in [0.25, 0.3) is 5.56 Å². The molecule has 0 amide bonds. The summed E-state index contributed by atoms with van der Waals surface area (Å²) in [6.45, 7) is 2.40. The Labute approximate surface area is 130 Å². The first-order valence-electron chi connectivity index (χ1n) is 7.01. The normalized spacial score (nSPS) is 14.3. The molecule has 5 nitrogen and oxygen atoms in total. The fourth-order valence-corrected chi connectivity index (χ4v) is 4.82. The van der Waals surface area contributed by atoms with Crippen LogP contribution >= 0.6 is 23.1 Å². The zero-order chi connectivity index (χ0) is 15.0. The molecule has 1 N–H and O–H groups in total. The molecule has 112 valence electrons.